The Morgan fingerprint density at radius 1 is 1.15 bits per heavy atom. The van der Waals surface area contributed by atoms with Gasteiger partial charge in [0.2, 0.25) is 5.91 Å². The average molecular weight is 426 g/mol. The smallest absolute Gasteiger partial charge is 0.254 e. The molecule has 1 N–H and O–H groups in total. The maximum atomic E-state index is 12.6. The zero-order chi connectivity index (χ0) is 19.4. The van der Waals surface area contributed by atoms with Crippen molar-refractivity contribution in [2.75, 3.05) is 31.5 Å². The van der Waals surface area contributed by atoms with Crippen molar-refractivity contribution < 1.29 is 9.59 Å². The fourth-order valence-electron chi connectivity index (χ4n) is 3.09. The number of nitrogens with zero attached hydrogens (tertiary/aromatic N) is 2. The van der Waals surface area contributed by atoms with Gasteiger partial charge in [-0.05, 0) is 43.0 Å². The third-order valence-electron chi connectivity index (χ3n) is 4.70. The zero-order valence-electron chi connectivity index (χ0n) is 15.0. The predicted molar refractivity (Wildman–Crippen MR) is 111 cm³/mol. The summed E-state index contributed by atoms with van der Waals surface area (Å²) in [5.41, 5.74) is 1.28. The lowest BCUT2D eigenvalue weighted by atomic mass is 10.2. The molecule has 0 aliphatic carbocycles. The molecule has 0 radical (unpaired) electrons. The standard InChI is InChI=1S/C19H21Cl2N3O2S/c1-13(18(25)22-17-4-3-15(20)11-16(17)21)23-6-2-7-24(9-8-23)19(26)14-5-10-27-12-14/h3-5,10-13H,2,6-9H2,1H3,(H,22,25). The van der Waals surface area contributed by atoms with Crippen molar-refractivity contribution in [3.63, 3.8) is 0 Å². The molecule has 27 heavy (non-hydrogen) atoms. The summed E-state index contributed by atoms with van der Waals surface area (Å²) in [6, 6.07) is 6.50. The summed E-state index contributed by atoms with van der Waals surface area (Å²) in [6.07, 6.45) is 0.829. The van der Waals surface area contributed by atoms with E-state index < -0.39 is 0 Å². The van der Waals surface area contributed by atoms with Crippen LogP contribution in [0.3, 0.4) is 0 Å². The lowest BCUT2D eigenvalue weighted by molar-refractivity contribution is -0.120. The molecule has 1 unspecified atom stereocenters. The number of anilines is 1. The van der Waals surface area contributed by atoms with Gasteiger partial charge in [-0.25, -0.2) is 0 Å². The van der Waals surface area contributed by atoms with Crippen LogP contribution in [0.25, 0.3) is 0 Å². The van der Waals surface area contributed by atoms with E-state index in [0.29, 0.717) is 35.4 Å². The predicted octanol–water partition coefficient (Wildman–Crippen LogP) is 4.23. The van der Waals surface area contributed by atoms with Gasteiger partial charge >= 0.3 is 0 Å². The molecule has 2 aromatic rings. The molecule has 1 aliphatic heterocycles. The van der Waals surface area contributed by atoms with E-state index >= 15 is 0 Å². The summed E-state index contributed by atoms with van der Waals surface area (Å²) in [6.45, 7) is 4.58. The van der Waals surface area contributed by atoms with Crippen LogP contribution in [0.5, 0.6) is 0 Å². The van der Waals surface area contributed by atoms with Crippen molar-refractivity contribution in [3.05, 3.63) is 50.6 Å². The second kappa shape index (κ2) is 9.06. The first-order chi connectivity index (χ1) is 13.0. The van der Waals surface area contributed by atoms with E-state index in [2.05, 4.69) is 10.2 Å². The van der Waals surface area contributed by atoms with E-state index in [1.54, 1.807) is 18.2 Å². The summed E-state index contributed by atoms with van der Waals surface area (Å²) in [4.78, 5) is 29.1. The van der Waals surface area contributed by atoms with E-state index in [4.69, 9.17) is 23.2 Å². The number of benzene rings is 1. The van der Waals surface area contributed by atoms with Crippen LogP contribution < -0.4 is 5.32 Å². The Labute approximate surface area is 172 Å². The lowest BCUT2D eigenvalue weighted by Crippen LogP contribution is -2.44. The van der Waals surface area contributed by atoms with Crippen LogP contribution in [-0.2, 0) is 4.79 Å². The van der Waals surface area contributed by atoms with Crippen molar-refractivity contribution >= 4 is 52.0 Å². The quantitative estimate of drug-likeness (QED) is 0.796. The first-order valence-electron chi connectivity index (χ1n) is 8.77. The number of thiophene rings is 1. The molecule has 0 bridgehead atoms. The first kappa shape index (κ1) is 20.1. The first-order valence-corrected chi connectivity index (χ1v) is 10.5. The Morgan fingerprint density at radius 3 is 2.67 bits per heavy atom. The maximum Gasteiger partial charge on any atom is 0.254 e. The molecule has 144 valence electrons. The minimum atomic E-state index is -0.326. The van der Waals surface area contributed by atoms with Crippen LogP contribution in [0.4, 0.5) is 5.69 Å². The normalized spacial score (nSPS) is 16.6. The van der Waals surface area contributed by atoms with Gasteiger partial charge in [0, 0.05) is 36.6 Å². The monoisotopic (exact) mass is 425 g/mol. The van der Waals surface area contributed by atoms with Gasteiger partial charge in [0.25, 0.3) is 5.91 Å². The van der Waals surface area contributed by atoms with Crippen LogP contribution in [0.1, 0.15) is 23.7 Å². The Morgan fingerprint density at radius 2 is 1.96 bits per heavy atom. The maximum absolute atomic E-state index is 12.6. The Balaban J connectivity index is 1.59. The molecule has 2 amide bonds. The SMILES string of the molecule is CC(C(=O)Nc1ccc(Cl)cc1Cl)N1CCCN(C(=O)c2ccsc2)CC1. The highest BCUT2D eigenvalue weighted by atomic mass is 35.5. The molecule has 8 heteroatoms. The third-order valence-corrected chi connectivity index (χ3v) is 5.93. The van der Waals surface area contributed by atoms with Gasteiger partial charge in [0.05, 0.1) is 22.3 Å². The number of hydrogen-bond acceptors (Lipinski definition) is 4. The van der Waals surface area contributed by atoms with Gasteiger partial charge in [-0.2, -0.15) is 11.3 Å². The van der Waals surface area contributed by atoms with E-state index in [-0.39, 0.29) is 17.9 Å². The average Bonchev–Trinajstić information content (AvgIpc) is 3.07. The topological polar surface area (TPSA) is 52.7 Å². The molecule has 3 rings (SSSR count). The minimum Gasteiger partial charge on any atom is -0.337 e. The lowest BCUT2D eigenvalue weighted by Gasteiger charge is -2.27. The van der Waals surface area contributed by atoms with Crippen molar-refractivity contribution in [1.82, 2.24) is 9.80 Å². The van der Waals surface area contributed by atoms with E-state index in [1.165, 1.54) is 11.3 Å². The summed E-state index contributed by atoms with van der Waals surface area (Å²) >= 11 is 13.6. The number of nitrogens with one attached hydrogen (secondary N) is 1. The minimum absolute atomic E-state index is 0.0585. The van der Waals surface area contributed by atoms with E-state index in [0.717, 1.165) is 18.5 Å². The van der Waals surface area contributed by atoms with Crippen LogP contribution in [0.2, 0.25) is 10.0 Å². The molecule has 1 atom stereocenters. The molecule has 5 nitrogen and oxygen atoms in total. The number of rotatable bonds is 4. The number of carbonyl (C=O) groups excluding carboxylic acids is 2. The molecule has 1 aromatic carbocycles. The molecule has 0 saturated carbocycles. The number of hydrogen-bond donors (Lipinski definition) is 1. The van der Waals surface area contributed by atoms with Gasteiger partial charge in [-0.3, -0.25) is 14.5 Å². The Kier molecular flexibility index (Phi) is 6.76. The van der Waals surface area contributed by atoms with Crippen LogP contribution in [0, 0.1) is 0 Å². The largest absolute Gasteiger partial charge is 0.337 e. The van der Waals surface area contributed by atoms with Crippen molar-refractivity contribution in [2.24, 2.45) is 0 Å². The second-order valence-electron chi connectivity index (χ2n) is 6.48. The van der Waals surface area contributed by atoms with Gasteiger partial charge < -0.3 is 10.2 Å². The fraction of sp³-hybridized carbons (Fsp3) is 0.368. The van der Waals surface area contributed by atoms with Gasteiger partial charge in [-0.1, -0.05) is 23.2 Å². The van der Waals surface area contributed by atoms with Gasteiger partial charge in [0.15, 0.2) is 0 Å². The number of halogens is 2. The van der Waals surface area contributed by atoms with Crippen molar-refractivity contribution in [2.45, 2.75) is 19.4 Å². The summed E-state index contributed by atoms with van der Waals surface area (Å²) < 4.78 is 0. The van der Waals surface area contributed by atoms with Gasteiger partial charge in [0.1, 0.15) is 0 Å². The Hall–Kier alpha value is -1.60. The zero-order valence-corrected chi connectivity index (χ0v) is 17.3. The van der Waals surface area contributed by atoms with Crippen LogP contribution >= 0.6 is 34.5 Å². The molecule has 1 saturated heterocycles. The highest BCUT2D eigenvalue weighted by Gasteiger charge is 2.26. The molecule has 1 aromatic heterocycles. The molecular formula is C19H21Cl2N3O2S. The highest BCUT2D eigenvalue weighted by Crippen LogP contribution is 2.25. The number of amides is 2. The van der Waals surface area contributed by atoms with E-state index in [9.17, 15) is 9.59 Å². The van der Waals surface area contributed by atoms with E-state index in [1.807, 2.05) is 28.7 Å². The molecule has 0 spiro atoms. The summed E-state index contributed by atoms with van der Waals surface area (Å²) in [5.74, 6) is -0.0695. The highest BCUT2D eigenvalue weighted by molar-refractivity contribution is 7.08. The Bertz CT molecular complexity index is 813. The van der Waals surface area contributed by atoms with Gasteiger partial charge in [-0.15, -0.1) is 0 Å². The molecule has 2 heterocycles. The fourth-order valence-corrected chi connectivity index (χ4v) is 4.18. The molecular weight excluding hydrogens is 405 g/mol. The van der Waals surface area contributed by atoms with Crippen LogP contribution in [0.15, 0.2) is 35.0 Å². The molecule has 1 fully saturated rings. The second-order valence-corrected chi connectivity index (χ2v) is 8.11. The van der Waals surface area contributed by atoms with Crippen LogP contribution in [-0.4, -0.2) is 53.8 Å². The number of carbonyl (C=O) groups is 2. The van der Waals surface area contributed by atoms with Crippen molar-refractivity contribution in [1.29, 1.82) is 0 Å². The van der Waals surface area contributed by atoms with Crippen molar-refractivity contribution in [3.8, 4) is 0 Å². The summed E-state index contributed by atoms with van der Waals surface area (Å²) in [5, 5.41) is 7.57. The molecule has 1 aliphatic rings. The summed E-state index contributed by atoms with van der Waals surface area (Å²) in [7, 11) is 0. The third kappa shape index (κ3) is 5.02.